The van der Waals surface area contributed by atoms with Gasteiger partial charge in [-0.3, -0.25) is 0 Å². The summed E-state index contributed by atoms with van der Waals surface area (Å²) in [6.45, 7) is 7.14. The Morgan fingerprint density at radius 3 is 1.49 bits per heavy atom. The van der Waals surface area contributed by atoms with Crippen LogP contribution in [0.1, 0.15) is 23.3 Å². The van der Waals surface area contributed by atoms with E-state index in [1.54, 1.807) is 6.07 Å². The summed E-state index contributed by atoms with van der Waals surface area (Å²) in [7, 11) is 0. The smallest absolute Gasteiger partial charge is 0.330 e. The average Bonchev–Trinajstić information content (AvgIpc) is 3.05. The molecular formula is C36H29ClO6. The molecule has 5 rings (SSSR count). The van der Waals surface area contributed by atoms with Gasteiger partial charge in [0, 0.05) is 38.7 Å². The molecular weight excluding hydrogens is 564 g/mol. The maximum Gasteiger partial charge on any atom is 0.330 e. The Hall–Kier alpha value is -5.07. The van der Waals surface area contributed by atoms with Crippen molar-refractivity contribution in [1.29, 1.82) is 0 Å². The summed E-state index contributed by atoms with van der Waals surface area (Å²) < 4.78 is 24.2. The van der Waals surface area contributed by atoms with Crippen LogP contribution >= 0.6 is 11.6 Å². The zero-order chi connectivity index (χ0) is 30.2. The molecule has 0 saturated carbocycles. The molecule has 0 saturated heterocycles. The summed E-state index contributed by atoms with van der Waals surface area (Å²) >= 11 is 6.48. The van der Waals surface area contributed by atoms with Gasteiger partial charge in [-0.05, 0) is 29.3 Å². The largest absolute Gasteiger partial charge is 0.488 e. The van der Waals surface area contributed by atoms with Gasteiger partial charge in [0.15, 0.2) is 12.2 Å². The molecule has 5 aromatic rings. The fourth-order valence-corrected chi connectivity index (χ4v) is 4.98. The molecule has 0 bridgehead atoms. The second-order valence-electron chi connectivity index (χ2n) is 9.60. The predicted octanol–water partition coefficient (Wildman–Crippen LogP) is 8.35. The first-order valence-corrected chi connectivity index (χ1v) is 14.0. The van der Waals surface area contributed by atoms with E-state index < -0.39 is 24.1 Å². The molecule has 0 spiro atoms. The van der Waals surface area contributed by atoms with E-state index in [1.165, 1.54) is 0 Å². The van der Waals surface area contributed by atoms with Gasteiger partial charge < -0.3 is 18.9 Å². The molecule has 5 aromatic carbocycles. The van der Waals surface area contributed by atoms with E-state index in [0.717, 1.165) is 39.4 Å². The van der Waals surface area contributed by atoms with E-state index in [0.29, 0.717) is 21.9 Å². The van der Waals surface area contributed by atoms with Crippen LogP contribution in [0.3, 0.4) is 0 Å². The first-order valence-electron chi connectivity index (χ1n) is 13.6. The highest BCUT2D eigenvalue weighted by Gasteiger charge is 2.23. The van der Waals surface area contributed by atoms with E-state index in [1.807, 2.05) is 97.1 Å². The molecule has 0 N–H and O–H groups in total. The van der Waals surface area contributed by atoms with Gasteiger partial charge in [0.05, 0.1) is 0 Å². The number of halogens is 1. The highest BCUT2D eigenvalue weighted by molar-refractivity contribution is 6.31. The van der Waals surface area contributed by atoms with Gasteiger partial charge >= 0.3 is 11.9 Å². The number of carbonyl (C=O) groups is 2. The van der Waals surface area contributed by atoms with Crippen LogP contribution in [0.5, 0.6) is 11.5 Å². The predicted molar refractivity (Wildman–Crippen MR) is 168 cm³/mol. The minimum atomic E-state index is -0.679. The van der Waals surface area contributed by atoms with Crippen molar-refractivity contribution in [3.63, 3.8) is 0 Å². The Balaban J connectivity index is 1.55. The normalized spacial score (nSPS) is 12.2. The minimum absolute atomic E-state index is 0.0446. The van der Waals surface area contributed by atoms with Crippen molar-refractivity contribution in [3.8, 4) is 11.5 Å². The number of hydrogen-bond acceptors (Lipinski definition) is 6. The quantitative estimate of drug-likeness (QED) is 0.0823. The Labute approximate surface area is 254 Å². The highest BCUT2D eigenvalue weighted by Crippen LogP contribution is 2.44. The third-order valence-electron chi connectivity index (χ3n) is 6.84. The second kappa shape index (κ2) is 13.7. The Morgan fingerprint density at radius 2 is 1.02 bits per heavy atom. The van der Waals surface area contributed by atoms with Crippen LogP contribution in [-0.4, -0.2) is 25.2 Å². The van der Waals surface area contributed by atoms with Crippen LogP contribution in [0, 0.1) is 0 Å². The van der Waals surface area contributed by atoms with Gasteiger partial charge in [-0.2, -0.15) is 0 Å². The maximum atomic E-state index is 12.2. The Kier molecular flexibility index (Phi) is 9.39. The summed E-state index contributed by atoms with van der Waals surface area (Å²) in [5.41, 5.74) is 1.57. The summed E-state index contributed by atoms with van der Waals surface area (Å²) in [5.74, 6) is 0.0496. The molecule has 2 unspecified atom stereocenters. The Morgan fingerprint density at radius 1 is 0.605 bits per heavy atom. The average molecular weight is 593 g/mol. The lowest BCUT2D eigenvalue weighted by Crippen LogP contribution is -2.18. The van der Waals surface area contributed by atoms with Crippen LogP contribution in [0.15, 0.2) is 128 Å². The van der Waals surface area contributed by atoms with Crippen molar-refractivity contribution in [2.45, 2.75) is 12.2 Å². The van der Waals surface area contributed by atoms with Crippen molar-refractivity contribution in [1.82, 2.24) is 0 Å². The molecule has 7 heteroatoms. The molecule has 0 amide bonds. The van der Waals surface area contributed by atoms with E-state index in [2.05, 4.69) is 13.2 Å². The van der Waals surface area contributed by atoms with E-state index in [4.69, 9.17) is 30.5 Å². The number of carbonyl (C=O) groups excluding carboxylic acids is 2. The summed E-state index contributed by atoms with van der Waals surface area (Å²) in [6, 6.07) is 31.9. The molecule has 0 aliphatic rings. The fourth-order valence-electron chi connectivity index (χ4n) is 4.81. The van der Waals surface area contributed by atoms with Crippen LogP contribution < -0.4 is 9.47 Å². The van der Waals surface area contributed by atoms with Crippen molar-refractivity contribution in [2.75, 3.05) is 13.2 Å². The topological polar surface area (TPSA) is 71.1 Å². The highest BCUT2D eigenvalue weighted by atomic mass is 35.5. The van der Waals surface area contributed by atoms with Crippen LogP contribution in [0.25, 0.3) is 21.5 Å². The van der Waals surface area contributed by atoms with E-state index in [-0.39, 0.29) is 13.2 Å². The van der Waals surface area contributed by atoms with Gasteiger partial charge in [0.25, 0.3) is 0 Å². The number of rotatable bonds is 12. The minimum Gasteiger partial charge on any atom is -0.488 e. The third kappa shape index (κ3) is 6.88. The van der Waals surface area contributed by atoms with Gasteiger partial charge in [0.1, 0.15) is 24.7 Å². The first kappa shape index (κ1) is 29.4. The zero-order valence-corrected chi connectivity index (χ0v) is 24.0. The molecule has 0 fully saturated rings. The molecule has 0 aromatic heterocycles. The van der Waals surface area contributed by atoms with Gasteiger partial charge in [-0.1, -0.05) is 110 Å². The second-order valence-corrected chi connectivity index (χ2v) is 10.0. The molecule has 0 aliphatic heterocycles. The number of fused-ring (bicyclic) bond motifs is 2. The molecule has 43 heavy (non-hydrogen) atoms. The monoisotopic (exact) mass is 592 g/mol. The van der Waals surface area contributed by atoms with E-state index in [9.17, 15) is 9.59 Å². The summed E-state index contributed by atoms with van der Waals surface area (Å²) in [6.07, 6.45) is 0.905. The zero-order valence-electron chi connectivity index (χ0n) is 23.3. The lowest BCUT2D eigenvalue weighted by molar-refractivity contribution is -0.145. The van der Waals surface area contributed by atoms with Gasteiger partial charge in [-0.25, -0.2) is 9.59 Å². The summed E-state index contributed by atoms with van der Waals surface area (Å²) in [4.78, 5) is 24.3. The lowest BCUT2D eigenvalue weighted by Gasteiger charge is -2.23. The van der Waals surface area contributed by atoms with Gasteiger partial charge in [-0.15, -0.1) is 0 Å². The lowest BCUT2D eigenvalue weighted by atomic mass is 10.00. The first-order chi connectivity index (χ1) is 21.0. The molecule has 0 aliphatic carbocycles. The van der Waals surface area contributed by atoms with Crippen LogP contribution in [-0.2, 0) is 19.1 Å². The van der Waals surface area contributed by atoms with Crippen LogP contribution in [0.4, 0.5) is 0 Å². The fraction of sp³-hybridized carbons (Fsp3) is 0.111. The third-order valence-corrected chi connectivity index (χ3v) is 7.07. The molecule has 6 nitrogen and oxygen atoms in total. The van der Waals surface area contributed by atoms with Crippen LogP contribution in [0.2, 0.25) is 5.02 Å². The molecule has 0 radical (unpaired) electrons. The standard InChI is InChI=1S/C36H29ClO6/c1-3-33(38)42-31(24-13-7-5-8-14-24)22-40-35-27-17-11-12-18-28(27)36(30-21-26(37)19-20-29(30)35)41-23-32(43-34(39)4-2)25-15-9-6-10-16-25/h3-21,31-32H,1-2,22-23H2. The SMILES string of the molecule is C=CC(=O)OC(COc1c2ccccc2c(OCC(OC(=O)C=C)c2ccccc2)c2cc(Cl)ccc12)c1ccccc1. The number of ether oxygens (including phenoxy) is 4. The Bertz CT molecular complexity index is 1770. The number of esters is 2. The summed E-state index contributed by atoms with van der Waals surface area (Å²) in [5, 5.41) is 3.53. The van der Waals surface area contributed by atoms with Crippen molar-refractivity contribution >= 4 is 45.1 Å². The number of hydrogen-bond donors (Lipinski definition) is 0. The van der Waals surface area contributed by atoms with Crippen molar-refractivity contribution in [2.24, 2.45) is 0 Å². The maximum absolute atomic E-state index is 12.2. The van der Waals surface area contributed by atoms with Crippen molar-refractivity contribution < 1.29 is 28.5 Å². The molecule has 0 heterocycles. The number of benzene rings is 5. The molecule has 216 valence electrons. The van der Waals surface area contributed by atoms with Crippen molar-refractivity contribution in [3.05, 3.63) is 145 Å². The molecule has 2 atom stereocenters. The van der Waals surface area contributed by atoms with Gasteiger partial charge in [0.2, 0.25) is 0 Å². The van der Waals surface area contributed by atoms with E-state index >= 15 is 0 Å².